The summed E-state index contributed by atoms with van der Waals surface area (Å²) in [5, 5.41) is 14.2. The largest absolute Gasteiger partial charge is 0.478 e. The molecule has 0 unspecified atom stereocenters. The molecule has 1 amide bonds. The summed E-state index contributed by atoms with van der Waals surface area (Å²) in [7, 11) is 0. The van der Waals surface area contributed by atoms with E-state index in [0.717, 1.165) is 48.9 Å². The molecule has 0 radical (unpaired) electrons. The minimum Gasteiger partial charge on any atom is -0.478 e. The minimum absolute atomic E-state index is 0.205. The second-order valence-corrected chi connectivity index (χ2v) is 10.5. The van der Waals surface area contributed by atoms with Crippen LogP contribution in [-0.2, 0) is 6.42 Å². The molecule has 0 bridgehead atoms. The van der Waals surface area contributed by atoms with E-state index in [1.807, 2.05) is 73.8 Å². The Morgan fingerprint density at radius 3 is 2.42 bits per heavy atom. The van der Waals surface area contributed by atoms with Gasteiger partial charge in [-0.1, -0.05) is 60.7 Å². The molecule has 196 valence electrons. The van der Waals surface area contributed by atoms with E-state index in [-0.39, 0.29) is 17.5 Å². The van der Waals surface area contributed by atoms with Crippen LogP contribution in [0.3, 0.4) is 0 Å². The molecule has 7 heteroatoms. The standard InChI is InChI=1S/C33H25N3O3S/c1-20(22-11-13-24(14-12-22)33(38)39)35-32(37)27-17-26(23-7-3-2-4-8-23)18-30-31(27)29(36-40-30)16-21-15-25-9-5-6-10-28(25)34-19-21/h2-15,17-20H,16H2,1H3,(H,35,37)(H,38,39)/t20-/m0/s1. The van der Waals surface area contributed by atoms with Gasteiger partial charge in [-0.25, -0.2) is 4.79 Å². The van der Waals surface area contributed by atoms with Crippen molar-refractivity contribution in [3.8, 4) is 11.1 Å². The van der Waals surface area contributed by atoms with Crippen molar-refractivity contribution in [1.82, 2.24) is 14.7 Å². The summed E-state index contributed by atoms with van der Waals surface area (Å²) in [5.74, 6) is -1.20. The number of benzene rings is 4. The van der Waals surface area contributed by atoms with Gasteiger partial charge in [-0.3, -0.25) is 9.78 Å². The Labute approximate surface area is 235 Å². The summed E-state index contributed by atoms with van der Waals surface area (Å²) < 4.78 is 5.73. The van der Waals surface area contributed by atoms with Gasteiger partial charge in [0, 0.05) is 23.4 Å². The van der Waals surface area contributed by atoms with E-state index in [9.17, 15) is 14.7 Å². The number of rotatable bonds is 7. The summed E-state index contributed by atoms with van der Waals surface area (Å²) >= 11 is 1.39. The monoisotopic (exact) mass is 543 g/mol. The summed E-state index contributed by atoms with van der Waals surface area (Å²) in [6.07, 6.45) is 2.42. The number of para-hydroxylation sites is 1. The van der Waals surface area contributed by atoms with Crippen molar-refractivity contribution in [3.05, 3.63) is 131 Å². The highest BCUT2D eigenvalue weighted by molar-refractivity contribution is 7.13. The smallest absolute Gasteiger partial charge is 0.335 e. The molecule has 0 saturated heterocycles. The maximum Gasteiger partial charge on any atom is 0.335 e. The number of carboxylic acid groups (broad SMARTS) is 1. The van der Waals surface area contributed by atoms with Crippen molar-refractivity contribution in [1.29, 1.82) is 0 Å². The van der Waals surface area contributed by atoms with Gasteiger partial charge in [0.05, 0.1) is 33.1 Å². The average molecular weight is 544 g/mol. The first-order valence-electron chi connectivity index (χ1n) is 12.9. The number of aromatic carboxylic acids is 1. The first-order valence-corrected chi connectivity index (χ1v) is 13.7. The van der Waals surface area contributed by atoms with Crippen LogP contribution in [0.4, 0.5) is 0 Å². The predicted molar refractivity (Wildman–Crippen MR) is 159 cm³/mol. The van der Waals surface area contributed by atoms with Crippen LogP contribution in [0, 0.1) is 0 Å². The van der Waals surface area contributed by atoms with Crippen molar-refractivity contribution >= 4 is 44.4 Å². The van der Waals surface area contributed by atoms with Crippen molar-refractivity contribution in [3.63, 3.8) is 0 Å². The van der Waals surface area contributed by atoms with E-state index in [4.69, 9.17) is 4.37 Å². The lowest BCUT2D eigenvalue weighted by molar-refractivity contribution is 0.0696. The van der Waals surface area contributed by atoms with Crippen LogP contribution in [0.15, 0.2) is 103 Å². The molecular weight excluding hydrogens is 518 g/mol. The maximum atomic E-state index is 13.8. The normalized spacial score (nSPS) is 11.9. The van der Waals surface area contributed by atoms with Gasteiger partial charge in [-0.05, 0) is 77.1 Å². The maximum absolute atomic E-state index is 13.8. The predicted octanol–water partition coefficient (Wildman–Crippen LogP) is 7.29. The lowest BCUT2D eigenvalue weighted by Gasteiger charge is -2.16. The molecule has 1 atom stereocenters. The number of fused-ring (bicyclic) bond motifs is 2. The van der Waals surface area contributed by atoms with Crippen molar-refractivity contribution in [2.24, 2.45) is 0 Å². The van der Waals surface area contributed by atoms with Gasteiger partial charge in [-0.15, -0.1) is 0 Å². The summed E-state index contributed by atoms with van der Waals surface area (Å²) in [6.45, 7) is 1.89. The average Bonchev–Trinajstić information content (AvgIpc) is 3.39. The number of carbonyl (C=O) groups excluding carboxylic acids is 1. The van der Waals surface area contributed by atoms with Gasteiger partial charge in [0.25, 0.3) is 5.91 Å². The molecule has 2 heterocycles. The topological polar surface area (TPSA) is 92.2 Å². The van der Waals surface area contributed by atoms with E-state index in [1.165, 1.54) is 11.5 Å². The minimum atomic E-state index is -0.984. The number of nitrogens with one attached hydrogen (secondary N) is 1. The number of carboxylic acids is 1. The first-order chi connectivity index (χ1) is 19.5. The molecule has 0 fully saturated rings. The highest BCUT2D eigenvalue weighted by Gasteiger charge is 2.21. The van der Waals surface area contributed by atoms with E-state index in [1.54, 1.807) is 24.3 Å². The SMILES string of the molecule is C[C@H](NC(=O)c1cc(-c2ccccc2)cc2snc(Cc3cnc4ccccc4c3)c12)c1ccc(C(=O)O)cc1. The fourth-order valence-corrected chi connectivity index (χ4v) is 5.77. The van der Waals surface area contributed by atoms with Crippen LogP contribution in [-0.4, -0.2) is 26.3 Å². The Balaban J connectivity index is 1.39. The van der Waals surface area contributed by atoms with Crippen LogP contribution in [0.1, 0.15) is 50.5 Å². The van der Waals surface area contributed by atoms with Crippen LogP contribution >= 0.6 is 11.5 Å². The molecule has 4 aromatic carbocycles. The molecule has 2 N–H and O–H groups in total. The number of carbonyl (C=O) groups is 2. The number of pyridine rings is 1. The van der Waals surface area contributed by atoms with Gasteiger partial charge < -0.3 is 10.4 Å². The van der Waals surface area contributed by atoms with Gasteiger partial charge >= 0.3 is 5.97 Å². The van der Waals surface area contributed by atoms with E-state index in [2.05, 4.69) is 22.4 Å². The number of hydrogen-bond donors (Lipinski definition) is 2. The molecule has 0 aliphatic carbocycles. The highest BCUT2D eigenvalue weighted by Crippen LogP contribution is 2.34. The zero-order chi connectivity index (χ0) is 27.6. The van der Waals surface area contributed by atoms with Crippen molar-refractivity contribution < 1.29 is 14.7 Å². The summed E-state index contributed by atoms with van der Waals surface area (Å²) in [6, 6.07) is 30.4. The Kier molecular flexibility index (Phi) is 6.80. The van der Waals surface area contributed by atoms with E-state index in [0.29, 0.717) is 12.0 Å². The van der Waals surface area contributed by atoms with Gasteiger partial charge in [0.15, 0.2) is 0 Å². The Bertz CT molecular complexity index is 1860. The molecule has 0 aliphatic heterocycles. The van der Waals surface area contributed by atoms with Gasteiger partial charge in [0.1, 0.15) is 0 Å². The number of nitrogens with zero attached hydrogens (tertiary/aromatic N) is 2. The molecule has 6 aromatic rings. The number of aromatic nitrogens is 2. The molecule has 40 heavy (non-hydrogen) atoms. The molecule has 0 spiro atoms. The zero-order valence-corrected chi connectivity index (χ0v) is 22.5. The van der Waals surface area contributed by atoms with Gasteiger partial charge in [-0.2, -0.15) is 4.37 Å². The first kappa shape index (κ1) is 25.4. The number of hydrogen-bond acceptors (Lipinski definition) is 5. The molecule has 0 saturated carbocycles. The van der Waals surface area contributed by atoms with E-state index >= 15 is 0 Å². The van der Waals surface area contributed by atoms with Crippen LogP contribution in [0.5, 0.6) is 0 Å². The quantitative estimate of drug-likeness (QED) is 0.221. The van der Waals surface area contributed by atoms with Crippen molar-refractivity contribution in [2.75, 3.05) is 0 Å². The van der Waals surface area contributed by atoms with Gasteiger partial charge in [0.2, 0.25) is 0 Å². The van der Waals surface area contributed by atoms with Crippen LogP contribution in [0.25, 0.3) is 32.1 Å². The molecule has 6 rings (SSSR count). The third-order valence-corrected chi connectivity index (χ3v) is 7.85. The highest BCUT2D eigenvalue weighted by atomic mass is 32.1. The third-order valence-electron chi connectivity index (χ3n) is 7.02. The second kappa shape index (κ2) is 10.7. The molecule has 2 aromatic heterocycles. The lowest BCUT2D eigenvalue weighted by Crippen LogP contribution is -2.27. The molecular formula is C33H25N3O3S. The molecule has 6 nitrogen and oxygen atoms in total. The third kappa shape index (κ3) is 5.07. The Morgan fingerprint density at radius 2 is 1.65 bits per heavy atom. The Morgan fingerprint density at radius 1 is 0.900 bits per heavy atom. The second-order valence-electron chi connectivity index (χ2n) is 9.73. The van der Waals surface area contributed by atoms with Crippen molar-refractivity contribution in [2.45, 2.75) is 19.4 Å². The summed E-state index contributed by atoms with van der Waals surface area (Å²) in [4.78, 5) is 29.7. The number of amides is 1. The molecule has 0 aliphatic rings. The van der Waals surface area contributed by atoms with Crippen LogP contribution < -0.4 is 5.32 Å². The summed E-state index contributed by atoms with van der Waals surface area (Å²) in [5.41, 5.74) is 6.34. The zero-order valence-electron chi connectivity index (χ0n) is 21.7. The fraction of sp³-hybridized carbons (Fsp3) is 0.0909. The van der Waals surface area contributed by atoms with E-state index < -0.39 is 5.97 Å². The Hall–Kier alpha value is -4.88. The van der Waals surface area contributed by atoms with Crippen LogP contribution in [0.2, 0.25) is 0 Å². The lowest BCUT2D eigenvalue weighted by atomic mass is 9.97. The fourth-order valence-electron chi connectivity index (χ4n) is 4.91.